The maximum atomic E-state index is 5.88. The molecule has 2 rings (SSSR count). The minimum absolute atomic E-state index is 0.500. The molecule has 0 saturated carbocycles. The highest BCUT2D eigenvalue weighted by atomic mass is 16.5. The van der Waals surface area contributed by atoms with Crippen LogP contribution in [0.25, 0.3) is 6.08 Å². The molecule has 0 saturated heterocycles. The number of para-hydroxylation sites is 1. The van der Waals surface area contributed by atoms with Crippen LogP contribution >= 0.6 is 0 Å². The highest BCUT2D eigenvalue weighted by molar-refractivity contribution is 5.95. The van der Waals surface area contributed by atoms with Gasteiger partial charge in [-0.2, -0.15) is 0 Å². The average Bonchev–Trinajstić information content (AvgIpc) is 2.52. The molecule has 0 aliphatic carbocycles. The van der Waals surface area contributed by atoms with Crippen molar-refractivity contribution in [3.05, 3.63) is 71.8 Å². The number of methoxy groups -OCH3 is 1. The lowest BCUT2D eigenvalue weighted by molar-refractivity contribution is 0.414. The van der Waals surface area contributed by atoms with E-state index in [9.17, 15) is 0 Å². The molecule has 2 aromatic carbocycles. The van der Waals surface area contributed by atoms with Crippen LogP contribution in [0.1, 0.15) is 11.1 Å². The van der Waals surface area contributed by atoms with Gasteiger partial charge < -0.3 is 10.5 Å². The summed E-state index contributed by atoms with van der Waals surface area (Å²) in [6, 6.07) is 17.8. The fourth-order valence-electron chi connectivity index (χ4n) is 1.80. The Bertz CT molecular complexity index is 603. The molecule has 102 valence electrons. The summed E-state index contributed by atoms with van der Waals surface area (Å²) >= 11 is 0. The van der Waals surface area contributed by atoms with Gasteiger partial charge in [-0.25, -0.2) is 0 Å². The fraction of sp³-hybridized carbons (Fsp3) is 0.118. The molecule has 0 aromatic heterocycles. The minimum atomic E-state index is 0.500. The molecule has 0 fully saturated rings. The van der Waals surface area contributed by atoms with Crippen molar-refractivity contribution in [3.63, 3.8) is 0 Å². The third kappa shape index (κ3) is 3.99. The van der Waals surface area contributed by atoms with Crippen LogP contribution in [0.3, 0.4) is 0 Å². The summed E-state index contributed by atoms with van der Waals surface area (Å²) in [6.45, 7) is 0.586. The monoisotopic (exact) mass is 266 g/mol. The van der Waals surface area contributed by atoms with Gasteiger partial charge in [-0.3, -0.25) is 4.99 Å². The zero-order valence-corrected chi connectivity index (χ0v) is 11.5. The molecule has 0 bridgehead atoms. The molecule has 2 aromatic rings. The first-order valence-corrected chi connectivity index (χ1v) is 6.44. The van der Waals surface area contributed by atoms with Gasteiger partial charge >= 0.3 is 0 Å². The van der Waals surface area contributed by atoms with Gasteiger partial charge in [0.05, 0.1) is 13.7 Å². The van der Waals surface area contributed by atoms with Gasteiger partial charge in [0.2, 0.25) is 0 Å². The highest BCUT2D eigenvalue weighted by Crippen LogP contribution is 2.18. The van der Waals surface area contributed by atoms with Gasteiger partial charge in [-0.05, 0) is 23.8 Å². The normalized spacial score (nSPS) is 11.8. The van der Waals surface area contributed by atoms with Crippen molar-refractivity contribution in [1.82, 2.24) is 0 Å². The molecule has 0 heterocycles. The minimum Gasteiger partial charge on any atom is -0.496 e. The lowest BCUT2D eigenvalue weighted by Gasteiger charge is -2.03. The predicted molar refractivity (Wildman–Crippen MR) is 83.8 cm³/mol. The molecule has 0 atom stereocenters. The van der Waals surface area contributed by atoms with Gasteiger partial charge in [0.15, 0.2) is 0 Å². The SMILES string of the molecule is COc1ccccc1/C=C/C(N)=NCc1ccccc1. The van der Waals surface area contributed by atoms with Crippen LogP contribution in [0.15, 0.2) is 65.7 Å². The standard InChI is InChI=1S/C17H18N2O/c1-20-16-10-6-5-9-15(16)11-12-17(18)19-13-14-7-3-2-4-8-14/h2-12H,13H2,1H3,(H2,18,19)/b12-11+. The zero-order chi connectivity index (χ0) is 14.2. The van der Waals surface area contributed by atoms with Crippen LogP contribution in [0, 0.1) is 0 Å². The van der Waals surface area contributed by atoms with Crippen molar-refractivity contribution < 1.29 is 4.74 Å². The van der Waals surface area contributed by atoms with Crippen molar-refractivity contribution in [2.75, 3.05) is 7.11 Å². The third-order valence-electron chi connectivity index (χ3n) is 2.86. The molecule has 0 unspecified atom stereocenters. The van der Waals surface area contributed by atoms with Crippen LogP contribution in [0.4, 0.5) is 0 Å². The number of nitrogens with two attached hydrogens (primary N) is 1. The number of benzene rings is 2. The van der Waals surface area contributed by atoms with Crippen LogP contribution < -0.4 is 10.5 Å². The number of rotatable bonds is 5. The molecule has 3 heteroatoms. The largest absolute Gasteiger partial charge is 0.496 e. The summed E-state index contributed by atoms with van der Waals surface area (Å²) in [5, 5.41) is 0. The molecule has 0 radical (unpaired) electrons. The van der Waals surface area contributed by atoms with Gasteiger partial charge in [-0.1, -0.05) is 48.5 Å². The first-order chi connectivity index (χ1) is 9.79. The van der Waals surface area contributed by atoms with E-state index >= 15 is 0 Å². The second kappa shape index (κ2) is 7.14. The number of hydrogen-bond donors (Lipinski definition) is 1. The zero-order valence-electron chi connectivity index (χ0n) is 11.5. The number of hydrogen-bond acceptors (Lipinski definition) is 2. The summed E-state index contributed by atoms with van der Waals surface area (Å²) in [5.74, 6) is 1.32. The van der Waals surface area contributed by atoms with E-state index in [1.807, 2.05) is 60.7 Å². The second-order valence-corrected chi connectivity index (χ2v) is 4.30. The van der Waals surface area contributed by atoms with E-state index in [1.165, 1.54) is 0 Å². The molecular weight excluding hydrogens is 248 g/mol. The van der Waals surface area contributed by atoms with E-state index in [0.717, 1.165) is 16.9 Å². The summed E-state index contributed by atoms with van der Waals surface area (Å²) in [7, 11) is 1.65. The summed E-state index contributed by atoms with van der Waals surface area (Å²) in [4.78, 5) is 4.33. The lowest BCUT2D eigenvalue weighted by Crippen LogP contribution is -2.07. The maximum Gasteiger partial charge on any atom is 0.126 e. The van der Waals surface area contributed by atoms with E-state index in [0.29, 0.717) is 12.4 Å². The summed E-state index contributed by atoms with van der Waals surface area (Å²) in [5.41, 5.74) is 8.00. The molecule has 0 aliphatic heterocycles. The molecule has 0 spiro atoms. The van der Waals surface area contributed by atoms with Crippen LogP contribution in [-0.2, 0) is 6.54 Å². The van der Waals surface area contributed by atoms with Gasteiger partial charge in [0.25, 0.3) is 0 Å². The Kier molecular flexibility index (Phi) is 4.95. The van der Waals surface area contributed by atoms with Crippen LogP contribution in [0.5, 0.6) is 5.75 Å². The Morgan fingerprint density at radius 2 is 1.80 bits per heavy atom. The van der Waals surface area contributed by atoms with E-state index in [-0.39, 0.29) is 0 Å². The molecule has 2 N–H and O–H groups in total. The Morgan fingerprint density at radius 1 is 1.10 bits per heavy atom. The van der Waals surface area contributed by atoms with Crippen LogP contribution in [0.2, 0.25) is 0 Å². The van der Waals surface area contributed by atoms with Crippen LogP contribution in [-0.4, -0.2) is 12.9 Å². The first kappa shape index (κ1) is 13.9. The third-order valence-corrected chi connectivity index (χ3v) is 2.86. The van der Waals surface area contributed by atoms with Crippen molar-refractivity contribution >= 4 is 11.9 Å². The highest BCUT2D eigenvalue weighted by Gasteiger charge is 1.96. The van der Waals surface area contributed by atoms with Gasteiger partial charge in [0.1, 0.15) is 11.6 Å². The molecule has 20 heavy (non-hydrogen) atoms. The Balaban J connectivity index is 2.03. The van der Waals surface area contributed by atoms with E-state index in [4.69, 9.17) is 10.5 Å². The van der Waals surface area contributed by atoms with Crippen molar-refractivity contribution in [2.45, 2.75) is 6.54 Å². The number of ether oxygens (including phenoxy) is 1. The van der Waals surface area contributed by atoms with E-state index < -0.39 is 0 Å². The summed E-state index contributed by atoms with van der Waals surface area (Å²) < 4.78 is 5.27. The predicted octanol–water partition coefficient (Wildman–Crippen LogP) is 3.27. The topological polar surface area (TPSA) is 47.6 Å². The Hall–Kier alpha value is -2.55. The average molecular weight is 266 g/mol. The molecule has 0 amide bonds. The maximum absolute atomic E-state index is 5.88. The molecule has 0 aliphatic rings. The molecule has 3 nitrogen and oxygen atoms in total. The van der Waals surface area contributed by atoms with Crippen molar-refractivity contribution in [2.24, 2.45) is 10.7 Å². The number of aliphatic imine (C=N–C) groups is 1. The van der Waals surface area contributed by atoms with Crippen molar-refractivity contribution in [1.29, 1.82) is 0 Å². The Morgan fingerprint density at radius 3 is 2.55 bits per heavy atom. The molecular formula is C17H18N2O. The van der Waals surface area contributed by atoms with Gasteiger partial charge in [-0.15, -0.1) is 0 Å². The van der Waals surface area contributed by atoms with Crippen molar-refractivity contribution in [3.8, 4) is 5.75 Å². The smallest absolute Gasteiger partial charge is 0.126 e. The Labute approximate surface area is 119 Å². The quantitative estimate of drug-likeness (QED) is 0.667. The lowest BCUT2D eigenvalue weighted by atomic mass is 10.2. The number of nitrogens with zero attached hydrogens (tertiary/aromatic N) is 1. The fourth-order valence-corrected chi connectivity index (χ4v) is 1.80. The van der Waals surface area contributed by atoms with E-state index in [1.54, 1.807) is 13.2 Å². The number of amidine groups is 1. The van der Waals surface area contributed by atoms with Gasteiger partial charge in [0, 0.05) is 5.56 Å². The van der Waals surface area contributed by atoms with E-state index in [2.05, 4.69) is 4.99 Å². The summed E-state index contributed by atoms with van der Waals surface area (Å²) in [6.07, 6.45) is 3.70. The first-order valence-electron chi connectivity index (χ1n) is 6.44. The second-order valence-electron chi connectivity index (χ2n) is 4.30.